The van der Waals surface area contributed by atoms with Crippen LogP contribution in [0.4, 0.5) is 0 Å². The molecule has 3 nitrogen and oxygen atoms in total. The lowest BCUT2D eigenvalue weighted by molar-refractivity contribution is 0.0717. The predicted octanol–water partition coefficient (Wildman–Crippen LogP) is 6.66. The SMILES string of the molecule is O=C(c1cc2sccc2n1C1CCCC1)N(Cc1ccccc1)Cc1ccccc1. The lowest BCUT2D eigenvalue weighted by Gasteiger charge is -2.25. The van der Waals surface area contributed by atoms with Gasteiger partial charge in [-0.3, -0.25) is 4.79 Å². The molecule has 2 aromatic carbocycles. The highest BCUT2D eigenvalue weighted by molar-refractivity contribution is 7.17. The largest absolute Gasteiger partial charge is 0.333 e. The number of carbonyl (C=O) groups is 1. The highest BCUT2D eigenvalue weighted by Crippen LogP contribution is 2.37. The summed E-state index contributed by atoms with van der Waals surface area (Å²) in [6.07, 6.45) is 4.83. The lowest BCUT2D eigenvalue weighted by atomic mass is 10.1. The molecule has 2 heterocycles. The fourth-order valence-corrected chi connectivity index (χ4v) is 5.44. The molecule has 0 atom stereocenters. The minimum absolute atomic E-state index is 0.123. The normalized spacial score (nSPS) is 14.4. The number of aromatic nitrogens is 1. The first-order valence-corrected chi connectivity index (χ1v) is 11.6. The summed E-state index contributed by atoms with van der Waals surface area (Å²) in [6.45, 7) is 1.22. The van der Waals surface area contributed by atoms with Crippen molar-refractivity contribution in [3.8, 4) is 0 Å². The molecule has 1 aliphatic rings. The van der Waals surface area contributed by atoms with E-state index in [9.17, 15) is 4.79 Å². The zero-order valence-corrected chi connectivity index (χ0v) is 17.9. The molecule has 0 N–H and O–H groups in total. The van der Waals surface area contributed by atoms with Gasteiger partial charge in [-0.15, -0.1) is 11.3 Å². The van der Waals surface area contributed by atoms with E-state index in [-0.39, 0.29) is 5.91 Å². The molecular formula is C26H26N2OS. The topological polar surface area (TPSA) is 25.2 Å². The molecule has 0 aliphatic heterocycles. The molecular weight excluding hydrogens is 388 g/mol. The number of carbonyl (C=O) groups excluding carboxylic acids is 1. The fourth-order valence-electron chi connectivity index (χ4n) is 4.63. The number of hydrogen-bond acceptors (Lipinski definition) is 2. The molecule has 0 spiro atoms. The second-order valence-corrected chi connectivity index (χ2v) is 9.09. The van der Waals surface area contributed by atoms with Gasteiger partial charge >= 0.3 is 0 Å². The van der Waals surface area contributed by atoms with E-state index in [1.54, 1.807) is 11.3 Å². The zero-order chi connectivity index (χ0) is 20.3. The molecule has 30 heavy (non-hydrogen) atoms. The third-order valence-electron chi connectivity index (χ3n) is 6.09. The summed E-state index contributed by atoms with van der Waals surface area (Å²) in [7, 11) is 0. The number of fused-ring (bicyclic) bond motifs is 1. The van der Waals surface area contributed by atoms with Crippen molar-refractivity contribution in [2.45, 2.75) is 44.8 Å². The van der Waals surface area contributed by atoms with Gasteiger partial charge in [-0.25, -0.2) is 0 Å². The van der Waals surface area contributed by atoms with Gasteiger partial charge in [0.25, 0.3) is 5.91 Å². The second-order valence-electron chi connectivity index (χ2n) is 8.14. The first-order valence-electron chi connectivity index (χ1n) is 10.7. The summed E-state index contributed by atoms with van der Waals surface area (Å²) >= 11 is 1.73. The average Bonchev–Trinajstić information content (AvgIpc) is 3.52. The Hall–Kier alpha value is -2.85. The Bertz CT molecular complexity index is 1080. The van der Waals surface area contributed by atoms with Crippen LogP contribution in [0.3, 0.4) is 0 Å². The minimum atomic E-state index is 0.123. The van der Waals surface area contributed by atoms with Crippen molar-refractivity contribution in [3.05, 3.63) is 95.0 Å². The van der Waals surface area contributed by atoms with E-state index < -0.39 is 0 Å². The number of hydrogen-bond donors (Lipinski definition) is 0. The number of rotatable bonds is 6. The zero-order valence-electron chi connectivity index (χ0n) is 17.0. The number of benzene rings is 2. The number of nitrogens with zero attached hydrogens (tertiary/aromatic N) is 2. The Labute approximate surface area is 181 Å². The Balaban J connectivity index is 1.53. The van der Waals surface area contributed by atoms with Gasteiger partial charge in [-0.05, 0) is 41.5 Å². The van der Waals surface area contributed by atoms with E-state index >= 15 is 0 Å². The summed E-state index contributed by atoms with van der Waals surface area (Å²) in [5.74, 6) is 0.123. The number of thiophene rings is 1. The van der Waals surface area contributed by atoms with Gasteiger partial charge < -0.3 is 9.47 Å². The van der Waals surface area contributed by atoms with Crippen LogP contribution < -0.4 is 0 Å². The monoisotopic (exact) mass is 414 g/mol. The average molecular weight is 415 g/mol. The molecule has 0 radical (unpaired) electrons. The van der Waals surface area contributed by atoms with Gasteiger partial charge in [0.1, 0.15) is 5.69 Å². The summed E-state index contributed by atoms with van der Waals surface area (Å²) < 4.78 is 3.55. The second kappa shape index (κ2) is 8.49. The molecule has 1 aliphatic carbocycles. The van der Waals surface area contributed by atoms with E-state index in [4.69, 9.17) is 0 Å². The van der Waals surface area contributed by atoms with E-state index in [1.807, 2.05) is 41.3 Å². The third kappa shape index (κ3) is 3.80. The van der Waals surface area contributed by atoms with Crippen LogP contribution in [0.15, 0.2) is 78.2 Å². The maximum Gasteiger partial charge on any atom is 0.271 e. The quantitative estimate of drug-likeness (QED) is 0.346. The predicted molar refractivity (Wildman–Crippen MR) is 124 cm³/mol. The van der Waals surface area contributed by atoms with Crippen LogP contribution in [0.2, 0.25) is 0 Å². The van der Waals surface area contributed by atoms with Crippen LogP contribution in [0.25, 0.3) is 10.2 Å². The molecule has 4 heteroatoms. The first-order chi connectivity index (χ1) is 14.8. The maximum atomic E-state index is 13.9. The van der Waals surface area contributed by atoms with Crippen molar-refractivity contribution in [2.75, 3.05) is 0 Å². The van der Waals surface area contributed by atoms with E-state index in [0.717, 1.165) is 29.7 Å². The molecule has 1 amide bonds. The summed E-state index contributed by atoms with van der Waals surface area (Å²) in [4.78, 5) is 15.9. The van der Waals surface area contributed by atoms with Crippen LogP contribution in [0.1, 0.15) is 53.3 Å². The Morgan fingerprint density at radius 3 is 2.10 bits per heavy atom. The third-order valence-corrected chi connectivity index (χ3v) is 6.94. The minimum Gasteiger partial charge on any atom is -0.333 e. The van der Waals surface area contributed by atoms with Crippen LogP contribution in [0.5, 0.6) is 0 Å². The molecule has 0 saturated heterocycles. The molecule has 1 saturated carbocycles. The van der Waals surface area contributed by atoms with Crippen molar-refractivity contribution in [1.29, 1.82) is 0 Å². The molecule has 4 aromatic rings. The summed E-state index contributed by atoms with van der Waals surface area (Å²) in [6, 6.07) is 25.3. The molecule has 2 aromatic heterocycles. The van der Waals surface area contributed by atoms with Crippen LogP contribution in [-0.2, 0) is 13.1 Å². The number of amides is 1. The standard InChI is InChI=1S/C26H26N2OS/c29-26(24-17-25-23(15-16-30-25)28(24)22-13-7-8-14-22)27(18-20-9-3-1-4-10-20)19-21-11-5-2-6-12-21/h1-6,9-12,15-17,22H,7-8,13-14,18-19H2. The van der Waals surface area contributed by atoms with Gasteiger partial charge in [0.05, 0.1) is 10.2 Å². The van der Waals surface area contributed by atoms with E-state index in [1.165, 1.54) is 23.1 Å². The van der Waals surface area contributed by atoms with Crippen LogP contribution in [0, 0.1) is 0 Å². The smallest absolute Gasteiger partial charge is 0.271 e. The van der Waals surface area contributed by atoms with Gasteiger partial charge in [-0.2, -0.15) is 0 Å². The van der Waals surface area contributed by atoms with Gasteiger partial charge in [-0.1, -0.05) is 73.5 Å². The van der Waals surface area contributed by atoms with Gasteiger partial charge in [0, 0.05) is 19.1 Å². The molecule has 5 rings (SSSR count). The van der Waals surface area contributed by atoms with E-state index in [0.29, 0.717) is 19.1 Å². The van der Waals surface area contributed by atoms with Crippen molar-refractivity contribution < 1.29 is 4.79 Å². The van der Waals surface area contributed by atoms with Gasteiger partial charge in [0.2, 0.25) is 0 Å². The molecule has 0 unspecified atom stereocenters. The highest BCUT2D eigenvalue weighted by atomic mass is 32.1. The van der Waals surface area contributed by atoms with Crippen molar-refractivity contribution in [2.24, 2.45) is 0 Å². The fraction of sp³-hybridized carbons (Fsp3) is 0.269. The summed E-state index contributed by atoms with van der Waals surface area (Å²) in [5.41, 5.74) is 4.37. The molecule has 1 fully saturated rings. The highest BCUT2D eigenvalue weighted by Gasteiger charge is 2.27. The molecule has 152 valence electrons. The Kier molecular flexibility index (Phi) is 5.41. The van der Waals surface area contributed by atoms with Crippen LogP contribution >= 0.6 is 11.3 Å². The Morgan fingerprint density at radius 1 is 0.900 bits per heavy atom. The van der Waals surface area contributed by atoms with E-state index in [2.05, 4.69) is 46.3 Å². The van der Waals surface area contributed by atoms with Crippen molar-refractivity contribution >= 4 is 27.5 Å². The first kappa shape index (κ1) is 19.1. The lowest BCUT2D eigenvalue weighted by Crippen LogP contribution is -2.32. The van der Waals surface area contributed by atoms with Gasteiger partial charge in [0.15, 0.2) is 0 Å². The van der Waals surface area contributed by atoms with Crippen molar-refractivity contribution in [3.63, 3.8) is 0 Å². The Morgan fingerprint density at radius 2 is 1.50 bits per heavy atom. The summed E-state index contributed by atoms with van der Waals surface area (Å²) in [5, 5.41) is 2.14. The van der Waals surface area contributed by atoms with Crippen LogP contribution in [-0.4, -0.2) is 15.4 Å². The maximum absolute atomic E-state index is 13.9. The van der Waals surface area contributed by atoms with Crippen molar-refractivity contribution in [1.82, 2.24) is 9.47 Å². The molecule has 0 bridgehead atoms.